The summed E-state index contributed by atoms with van der Waals surface area (Å²) in [6, 6.07) is 13.7. The number of benzene rings is 1. The maximum Gasteiger partial charge on any atom is 0.262 e. The standard InChI is InChI=1S/C21H23ClN4O2S/c1-25-14-21(23-15-25)29(27,28)26-11-3-4-17(13-26)20-6-2-5-19(24-20)12-16-7-9-18(22)10-8-16/h2,5-10,14-15,17H,3-4,11-13H2,1H3/t17-/m0/s1. The first-order valence-electron chi connectivity index (χ1n) is 9.60. The SMILES string of the molecule is Cn1cnc(S(=O)(=O)N2CCC[C@H](c3cccc(Cc4ccc(Cl)cc4)n3)C2)c1. The van der Waals surface area contributed by atoms with Crippen molar-refractivity contribution >= 4 is 21.6 Å². The van der Waals surface area contributed by atoms with E-state index in [9.17, 15) is 8.42 Å². The molecule has 2 aromatic heterocycles. The summed E-state index contributed by atoms with van der Waals surface area (Å²) in [7, 11) is -1.82. The van der Waals surface area contributed by atoms with Crippen LogP contribution in [-0.4, -0.2) is 40.3 Å². The second-order valence-corrected chi connectivity index (χ2v) is 9.76. The minimum Gasteiger partial charge on any atom is -0.339 e. The molecule has 3 heterocycles. The number of hydrogen-bond donors (Lipinski definition) is 0. The predicted octanol–water partition coefficient (Wildman–Crippen LogP) is 3.63. The lowest BCUT2D eigenvalue weighted by Crippen LogP contribution is -2.39. The van der Waals surface area contributed by atoms with Crippen LogP contribution in [0.2, 0.25) is 5.02 Å². The Morgan fingerprint density at radius 1 is 1.17 bits per heavy atom. The van der Waals surface area contributed by atoms with Crippen molar-refractivity contribution in [1.29, 1.82) is 0 Å². The Balaban J connectivity index is 1.52. The van der Waals surface area contributed by atoms with Crippen molar-refractivity contribution in [2.45, 2.75) is 30.2 Å². The molecule has 4 rings (SSSR count). The van der Waals surface area contributed by atoms with E-state index >= 15 is 0 Å². The fourth-order valence-corrected chi connectivity index (χ4v) is 5.31. The lowest BCUT2D eigenvalue weighted by molar-refractivity contribution is 0.311. The van der Waals surface area contributed by atoms with Crippen LogP contribution in [-0.2, 0) is 23.5 Å². The van der Waals surface area contributed by atoms with Crippen molar-refractivity contribution < 1.29 is 8.42 Å². The van der Waals surface area contributed by atoms with Gasteiger partial charge in [-0.3, -0.25) is 4.98 Å². The molecule has 3 aromatic rings. The quantitative estimate of drug-likeness (QED) is 0.619. The number of piperidine rings is 1. The summed E-state index contributed by atoms with van der Waals surface area (Å²) in [6.07, 6.45) is 5.50. The van der Waals surface area contributed by atoms with Gasteiger partial charge in [-0.15, -0.1) is 0 Å². The van der Waals surface area contributed by atoms with E-state index in [2.05, 4.69) is 4.98 Å². The number of nitrogens with zero attached hydrogens (tertiary/aromatic N) is 4. The highest BCUT2D eigenvalue weighted by Crippen LogP contribution is 2.29. The van der Waals surface area contributed by atoms with Crippen LogP contribution in [0.25, 0.3) is 0 Å². The van der Waals surface area contributed by atoms with Gasteiger partial charge in [0.15, 0.2) is 5.03 Å². The third-order valence-electron chi connectivity index (χ3n) is 5.21. The Labute approximate surface area is 176 Å². The number of aromatic nitrogens is 3. The molecule has 0 spiro atoms. The van der Waals surface area contributed by atoms with Gasteiger partial charge in [0.1, 0.15) is 0 Å². The lowest BCUT2D eigenvalue weighted by Gasteiger charge is -2.31. The third kappa shape index (κ3) is 4.52. The zero-order valence-corrected chi connectivity index (χ0v) is 17.8. The van der Waals surface area contributed by atoms with E-state index in [1.54, 1.807) is 17.8 Å². The Morgan fingerprint density at radius 3 is 2.69 bits per heavy atom. The highest BCUT2D eigenvalue weighted by Gasteiger charge is 2.32. The van der Waals surface area contributed by atoms with Crippen LogP contribution < -0.4 is 0 Å². The average Bonchev–Trinajstić information content (AvgIpc) is 3.17. The molecule has 0 bridgehead atoms. The van der Waals surface area contributed by atoms with E-state index in [1.807, 2.05) is 42.5 Å². The van der Waals surface area contributed by atoms with Crippen LogP contribution in [0.15, 0.2) is 60.0 Å². The zero-order chi connectivity index (χ0) is 20.4. The predicted molar refractivity (Wildman–Crippen MR) is 112 cm³/mol. The van der Waals surface area contributed by atoms with Crippen molar-refractivity contribution in [3.05, 3.63) is 77.0 Å². The first kappa shape index (κ1) is 20.1. The lowest BCUT2D eigenvalue weighted by atomic mass is 9.95. The van der Waals surface area contributed by atoms with E-state index in [-0.39, 0.29) is 10.9 Å². The van der Waals surface area contributed by atoms with Crippen LogP contribution in [0.1, 0.15) is 35.7 Å². The number of pyridine rings is 1. The maximum atomic E-state index is 12.9. The van der Waals surface area contributed by atoms with Crippen molar-refractivity contribution in [2.75, 3.05) is 13.1 Å². The van der Waals surface area contributed by atoms with Gasteiger partial charge < -0.3 is 4.57 Å². The van der Waals surface area contributed by atoms with Crippen LogP contribution in [0.4, 0.5) is 0 Å². The van der Waals surface area contributed by atoms with Gasteiger partial charge in [0.25, 0.3) is 10.0 Å². The molecule has 0 saturated carbocycles. The highest BCUT2D eigenvalue weighted by atomic mass is 35.5. The molecule has 8 heteroatoms. The van der Waals surface area contributed by atoms with Crippen LogP contribution in [0, 0.1) is 0 Å². The molecule has 0 amide bonds. The van der Waals surface area contributed by atoms with Crippen molar-refractivity contribution in [1.82, 2.24) is 18.8 Å². The minimum absolute atomic E-state index is 0.0763. The van der Waals surface area contributed by atoms with E-state index in [1.165, 1.54) is 10.6 Å². The smallest absolute Gasteiger partial charge is 0.262 e. The van der Waals surface area contributed by atoms with Crippen LogP contribution >= 0.6 is 11.6 Å². The van der Waals surface area contributed by atoms with Gasteiger partial charge >= 0.3 is 0 Å². The summed E-state index contributed by atoms with van der Waals surface area (Å²) in [6.45, 7) is 0.941. The molecule has 0 aliphatic carbocycles. The number of imidazole rings is 1. The van der Waals surface area contributed by atoms with Gasteiger partial charge in [0.2, 0.25) is 0 Å². The molecule has 29 heavy (non-hydrogen) atoms. The van der Waals surface area contributed by atoms with Crippen LogP contribution in [0.5, 0.6) is 0 Å². The van der Waals surface area contributed by atoms with Gasteiger partial charge in [-0.1, -0.05) is 29.8 Å². The Hall–Kier alpha value is -2.22. The molecule has 0 radical (unpaired) electrons. The van der Waals surface area contributed by atoms with Crippen LogP contribution in [0.3, 0.4) is 0 Å². The molecule has 0 N–H and O–H groups in total. The molecular weight excluding hydrogens is 408 g/mol. The number of hydrogen-bond acceptors (Lipinski definition) is 4. The maximum absolute atomic E-state index is 12.9. The summed E-state index contributed by atoms with van der Waals surface area (Å²) >= 11 is 5.96. The van der Waals surface area contributed by atoms with Gasteiger partial charge in [0.05, 0.1) is 6.33 Å². The first-order chi connectivity index (χ1) is 13.9. The number of halogens is 1. The van der Waals surface area contributed by atoms with Crippen molar-refractivity contribution in [2.24, 2.45) is 7.05 Å². The molecule has 152 valence electrons. The molecule has 1 aliphatic heterocycles. The fraction of sp³-hybridized carbons (Fsp3) is 0.333. The second-order valence-electron chi connectivity index (χ2n) is 7.44. The normalized spacial score (nSPS) is 18.1. The van der Waals surface area contributed by atoms with E-state index < -0.39 is 10.0 Å². The molecule has 1 saturated heterocycles. The fourth-order valence-electron chi connectivity index (χ4n) is 3.69. The number of aryl methyl sites for hydroxylation is 1. The Kier molecular flexibility index (Phi) is 5.72. The molecule has 1 aliphatic rings. The number of rotatable bonds is 5. The average molecular weight is 431 g/mol. The third-order valence-corrected chi connectivity index (χ3v) is 7.22. The summed E-state index contributed by atoms with van der Waals surface area (Å²) < 4.78 is 29.1. The Morgan fingerprint density at radius 2 is 1.97 bits per heavy atom. The van der Waals surface area contributed by atoms with E-state index in [4.69, 9.17) is 16.6 Å². The molecule has 1 atom stereocenters. The first-order valence-corrected chi connectivity index (χ1v) is 11.4. The monoisotopic (exact) mass is 430 g/mol. The summed E-state index contributed by atoms with van der Waals surface area (Å²) in [4.78, 5) is 8.87. The van der Waals surface area contributed by atoms with Crippen molar-refractivity contribution in [3.8, 4) is 0 Å². The minimum atomic E-state index is -3.58. The van der Waals surface area contributed by atoms with E-state index in [0.29, 0.717) is 24.5 Å². The topological polar surface area (TPSA) is 68.1 Å². The van der Waals surface area contributed by atoms with Gasteiger partial charge in [-0.25, -0.2) is 13.4 Å². The second kappa shape index (κ2) is 8.26. The zero-order valence-electron chi connectivity index (χ0n) is 16.2. The van der Waals surface area contributed by atoms with Gasteiger partial charge in [0, 0.05) is 55.1 Å². The van der Waals surface area contributed by atoms with Gasteiger partial charge in [-0.05, 0) is 42.7 Å². The molecule has 1 fully saturated rings. The largest absolute Gasteiger partial charge is 0.339 e. The summed E-state index contributed by atoms with van der Waals surface area (Å²) in [5.41, 5.74) is 3.05. The highest BCUT2D eigenvalue weighted by molar-refractivity contribution is 7.89. The van der Waals surface area contributed by atoms with Crippen molar-refractivity contribution in [3.63, 3.8) is 0 Å². The van der Waals surface area contributed by atoms with Gasteiger partial charge in [-0.2, -0.15) is 4.31 Å². The summed E-state index contributed by atoms with van der Waals surface area (Å²) in [5, 5.41) is 0.817. The van der Waals surface area contributed by atoms with E-state index in [0.717, 1.165) is 29.8 Å². The molecule has 1 aromatic carbocycles. The molecule has 0 unspecified atom stereocenters. The summed E-state index contributed by atoms with van der Waals surface area (Å²) in [5.74, 6) is 0.0763. The molecular formula is C21H23ClN4O2S. The Bertz CT molecular complexity index is 1100. The molecule has 6 nitrogen and oxygen atoms in total. The number of sulfonamides is 1.